The molecule has 1 aromatic rings. The van der Waals surface area contributed by atoms with Crippen LogP contribution in [-0.4, -0.2) is 42.3 Å². The molecule has 0 aliphatic carbocycles. The zero-order chi connectivity index (χ0) is 6.69. The van der Waals surface area contributed by atoms with Gasteiger partial charge in [0.15, 0.2) is 0 Å². The van der Waals surface area contributed by atoms with Crippen LogP contribution in [0.25, 0.3) is 0 Å². The second-order valence-corrected chi connectivity index (χ2v) is 14.6. The van der Waals surface area contributed by atoms with Crippen LogP contribution in [0.5, 0.6) is 0 Å². The summed E-state index contributed by atoms with van der Waals surface area (Å²) in [6.07, 6.45) is 0. The Bertz CT molecular complexity index is 164. The average Bonchev–Trinajstić information content (AvgIpc) is 2.34. The molecule has 0 atom stereocenters. The van der Waals surface area contributed by atoms with Gasteiger partial charge in [-0.05, 0) is 0 Å². The molecule has 1 heterocycles. The molecule has 0 aromatic carbocycles. The van der Waals surface area contributed by atoms with Gasteiger partial charge in [-0.15, -0.1) is 0 Å². The first kappa shape index (κ1) is 8.39. The van der Waals surface area contributed by atoms with E-state index in [1.807, 2.05) is 0 Å². The van der Waals surface area contributed by atoms with Crippen LogP contribution < -0.4 is 5.79 Å². The fourth-order valence-electron chi connectivity index (χ4n) is 0.802. The van der Waals surface area contributed by atoms with E-state index in [9.17, 15) is 0 Å². The van der Waals surface area contributed by atoms with E-state index in [1.165, 1.54) is 0 Å². The van der Waals surface area contributed by atoms with Gasteiger partial charge in [-0.2, -0.15) is 0 Å². The van der Waals surface area contributed by atoms with Crippen molar-refractivity contribution in [3.63, 3.8) is 0 Å². The van der Waals surface area contributed by atoms with Gasteiger partial charge < -0.3 is 0 Å². The molecule has 50 valence electrons. The van der Waals surface area contributed by atoms with E-state index in [4.69, 9.17) is 0 Å². The SMILES string of the molecule is [CH3][SnH2][c]1cc[c]([SnH2][CH3])s1. The van der Waals surface area contributed by atoms with E-state index in [1.54, 1.807) is 5.79 Å². The van der Waals surface area contributed by atoms with Crippen molar-refractivity contribution in [2.24, 2.45) is 0 Å². The van der Waals surface area contributed by atoms with Gasteiger partial charge in [-0.25, -0.2) is 0 Å². The van der Waals surface area contributed by atoms with E-state index in [0.717, 1.165) is 0 Å². The van der Waals surface area contributed by atoms with E-state index >= 15 is 0 Å². The summed E-state index contributed by atoms with van der Waals surface area (Å²) < 4.78 is 3.54. The molecule has 0 saturated heterocycles. The Kier molecular flexibility index (Phi) is 3.95. The Morgan fingerprint density at radius 2 is 1.56 bits per heavy atom. The first-order valence-electron chi connectivity index (χ1n) is 3.44. The van der Waals surface area contributed by atoms with Crippen LogP contribution in [0.4, 0.5) is 0 Å². The zero-order valence-electron chi connectivity index (χ0n) is 5.98. The summed E-state index contributed by atoms with van der Waals surface area (Å²) >= 11 is 1.34. The van der Waals surface area contributed by atoms with Gasteiger partial charge in [0.1, 0.15) is 0 Å². The molecule has 0 radical (unpaired) electrons. The maximum atomic E-state index is 2.43. The summed E-state index contributed by atoms with van der Waals surface area (Å²) in [6, 6.07) is 4.74. The molecule has 0 bridgehead atoms. The van der Waals surface area contributed by atoms with Gasteiger partial charge in [-0.3, -0.25) is 0 Å². The quantitative estimate of drug-likeness (QED) is 0.625. The summed E-state index contributed by atoms with van der Waals surface area (Å²) in [4.78, 5) is 4.87. The van der Waals surface area contributed by atoms with Crippen molar-refractivity contribution < 1.29 is 0 Å². The van der Waals surface area contributed by atoms with Gasteiger partial charge in [-0.1, -0.05) is 0 Å². The molecule has 0 saturated carbocycles. The summed E-state index contributed by atoms with van der Waals surface area (Å²) in [7, 11) is 0. The second kappa shape index (κ2) is 4.23. The van der Waals surface area contributed by atoms with Crippen LogP contribution in [0.15, 0.2) is 12.1 Å². The Labute approximate surface area is 80.5 Å². The standard InChI is InChI=1S/C4H2S.2CH3.2Sn.4H/c1-2-4-5-3-1;;;;;;;;/h1-2H;2*1H3;;;;;;. The Morgan fingerprint density at radius 3 is 1.78 bits per heavy atom. The molecule has 9 heavy (non-hydrogen) atoms. The van der Waals surface area contributed by atoms with Gasteiger partial charge >= 0.3 is 81.4 Å². The first-order chi connectivity index (χ1) is 4.36. The monoisotopic (exact) mass is 356 g/mol. The summed E-state index contributed by atoms with van der Waals surface area (Å²) in [5.41, 5.74) is 0. The van der Waals surface area contributed by atoms with Crippen LogP contribution in [0, 0.1) is 0 Å². The van der Waals surface area contributed by atoms with Gasteiger partial charge in [0.25, 0.3) is 0 Å². The second-order valence-electron chi connectivity index (χ2n) is 2.08. The van der Waals surface area contributed by atoms with Crippen molar-refractivity contribution in [1.29, 1.82) is 0 Å². The van der Waals surface area contributed by atoms with Crippen molar-refractivity contribution in [2.75, 3.05) is 0 Å². The number of hydrogen-bond donors (Lipinski definition) is 0. The summed E-state index contributed by atoms with van der Waals surface area (Å²) in [6.45, 7) is 0. The summed E-state index contributed by atoms with van der Waals surface area (Å²) in [5, 5.41) is 0. The molecule has 0 spiro atoms. The zero-order valence-corrected chi connectivity index (χ0v) is 14.9. The predicted molar refractivity (Wildman–Crippen MR) is 52.4 cm³/mol. The number of thiophene rings is 1. The molecule has 0 aliphatic rings. The van der Waals surface area contributed by atoms with Crippen molar-refractivity contribution in [3.8, 4) is 0 Å². The van der Waals surface area contributed by atoms with Crippen molar-refractivity contribution >= 4 is 59.4 Å². The molecule has 0 N–H and O–H groups in total. The van der Waals surface area contributed by atoms with E-state index in [2.05, 4.69) is 33.3 Å². The number of hydrogen-bond acceptors (Lipinski definition) is 1. The fraction of sp³-hybridized carbons (Fsp3) is 0.333. The van der Waals surface area contributed by atoms with Crippen LogP contribution in [0.3, 0.4) is 0 Å². The Hall–Kier alpha value is 1.30. The minimum atomic E-state index is -0.390. The van der Waals surface area contributed by atoms with E-state index < -0.39 is 0 Å². The van der Waals surface area contributed by atoms with Crippen molar-refractivity contribution in [2.45, 2.75) is 9.88 Å². The van der Waals surface area contributed by atoms with Crippen LogP contribution >= 0.6 is 11.3 Å². The van der Waals surface area contributed by atoms with Crippen LogP contribution in [0.2, 0.25) is 9.88 Å². The molecule has 0 nitrogen and oxygen atoms in total. The predicted octanol–water partition coefficient (Wildman–Crippen LogP) is -0.568. The third-order valence-corrected chi connectivity index (χ3v) is 13.9. The topological polar surface area (TPSA) is 0 Å². The Morgan fingerprint density at radius 1 is 1.11 bits per heavy atom. The third-order valence-electron chi connectivity index (χ3n) is 1.41. The maximum absolute atomic E-state index is 2.43. The molecular weight excluding hydrogens is 342 g/mol. The molecule has 3 heteroatoms. The number of rotatable bonds is 2. The fourth-order valence-corrected chi connectivity index (χ4v) is 14.4. The van der Waals surface area contributed by atoms with Crippen molar-refractivity contribution in [1.82, 2.24) is 0 Å². The molecule has 0 unspecified atom stereocenters. The van der Waals surface area contributed by atoms with Crippen LogP contribution in [-0.2, 0) is 0 Å². The molecule has 1 rings (SSSR count). The third kappa shape index (κ3) is 2.42. The Balaban J connectivity index is 2.74. The van der Waals surface area contributed by atoms with E-state index in [0.29, 0.717) is 0 Å². The van der Waals surface area contributed by atoms with Gasteiger partial charge in [0.05, 0.1) is 0 Å². The molecule has 0 fully saturated rings. The molecule has 0 amide bonds. The average molecular weight is 354 g/mol. The molecular formula is C6H12SSn2. The molecule has 1 aromatic heterocycles. The van der Waals surface area contributed by atoms with Gasteiger partial charge in [0.2, 0.25) is 0 Å². The van der Waals surface area contributed by atoms with Crippen molar-refractivity contribution in [3.05, 3.63) is 12.1 Å². The van der Waals surface area contributed by atoms with Crippen LogP contribution in [0.1, 0.15) is 0 Å². The minimum absolute atomic E-state index is 0.390. The normalized spacial score (nSPS) is 12.7. The van der Waals surface area contributed by atoms with E-state index in [-0.39, 0.29) is 42.3 Å². The first-order valence-corrected chi connectivity index (χ1v) is 16.4. The molecule has 0 aliphatic heterocycles. The van der Waals surface area contributed by atoms with Gasteiger partial charge in [0, 0.05) is 0 Å². The summed E-state index contributed by atoms with van der Waals surface area (Å²) in [5.74, 6) is 0.